The highest BCUT2D eigenvalue weighted by molar-refractivity contribution is 5.85. The highest BCUT2D eigenvalue weighted by atomic mass is 16.5. The van der Waals surface area contributed by atoms with E-state index in [0.29, 0.717) is 12.3 Å². The maximum absolute atomic E-state index is 12.6. The van der Waals surface area contributed by atoms with Gasteiger partial charge in [-0.1, -0.05) is 46.0 Å². The van der Waals surface area contributed by atoms with Crippen molar-refractivity contribution in [3.05, 3.63) is 0 Å². The number of likely N-dealkylation sites (N-methyl/N-ethyl adjacent to an activating group) is 1. The molecular weight excluding hydrogens is 280 g/mol. The fourth-order valence-electron chi connectivity index (χ4n) is 3.12. The fourth-order valence-corrected chi connectivity index (χ4v) is 3.12. The van der Waals surface area contributed by atoms with Crippen LogP contribution >= 0.6 is 0 Å². The van der Waals surface area contributed by atoms with Crippen molar-refractivity contribution in [2.45, 2.75) is 64.8 Å². The lowest BCUT2D eigenvalue weighted by Crippen LogP contribution is -2.48. The van der Waals surface area contributed by atoms with Crippen LogP contribution in [0.4, 0.5) is 4.79 Å². The van der Waals surface area contributed by atoms with E-state index >= 15 is 0 Å². The Labute approximate surface area is 134 Å². The minimum atomic E-state index is -0.542. The minimum absolute atomic E-state index is 0.0186. The number of hydrogen-bond acceptors (Lipinski definition) is 3. The van der Waals surface area contributed by atoms with Crippen molar-refractivity contribution < 1.29 is 14.3 Å². The van der Waals surface area contributed by atoms with E-state index in [1.807, 2.05) is 20.9 Å². The summed E-state index contributed by atoms with van der Waals surface area (Å²) in [7, 11) is 3.15. The molecule has 0 saturated heterocycles. The average Bonchev–Trinajstić information content (AvgIpc) is 2.51. The molecule has 1 fully saturated rings. The van der Waals surface area contributed by atoms with E-state index in [1.54, 1.807) is 4.90 Å². The van der Waals surface area contributed by atoms with E-state index in [0.717, 1.165) is 18.9 Å². The topological polar surface area (TPSA) is 58.6 Å². The molecule has 1 N–H and O–H groups in total. The van der Waals surface area contributed by atoms with Gasteiger partial charge < -0.3 is 15.0 Å². The molecule has 5 nitrogen and oxygen atoms in total. The number of amides is 2. The van der Waals surface area contributed by atoms with Gasteiger partial charge in [0.25, 0.3) is 0 Å². The SMILES string of the molecule is COC(=O)NC(CC(C)C)C(=O)N(C)CCC1CCCCC1. The van der Waals surface area contributed by atoms with Gasteiger partial charge in [-0.3, -0.25) is 4.79 Å². The number of methoxy groups -OCH3 is 1. The number of hydrogen-bond donors (Lipinski definition) is 1. The molecule has 2 amide bonds. The number of nitrogens with zero attached hydrogens (tertiary/aromatic N) is 1. The van der Waals surface area contributed by atoms with Crippen LogP contribution in [0.1, 0.15) is 58.8 Å². The quantitative estimate of drug-likeness (QED) is 0.785. The summed E-state index contributed by atoms with van der Waals surface area (Å²) in [6, 6.07) is -0.496. The number of alkyl carbamates (subject to hydrolysis) is 1. The number of ether oxygens (including phenoxy) is 1. The third kappa shape index (κ3) is 6.67. The van der Waals surface area contributed by atoms with E-state index < -0.39 is 12.1 Å². The normalized spacial score (nSPS) is 17.1. The summed E-state index contributed by atoms with van der Waals surface area (Å²) in [6.45, 7) is 4.85. The van der Waals surface area contributed by atoms with E-state index in [1.165, 1.54) is 39.2 Å². The molecule has 1 unspecified atom stereocenters. The van der Waals surface area contributed by atoms with Crippen molar-refractivity contribution in [2.75, 3.05) is 20.7 Å². The summed E-state index contributed by atoms with van der Waals surface area (Å²) in [5.74, 6) is 1.06. The van der Waals surface area contributed by atoms with Gasteiger partial charge in [0, 0.05) is 13.6 Å². The molecule has 0 spiro atoms. The molecule has 128 valence electrons. The Bertz CT molecular complexity index is 352. The zero-order valence-corrected chi connectivity index (χ0v) is 14.6. The monoisotopic (exact) mass is 312 g/mol. The first-order valence-corrected chi connectivity index (χ1v) is 8.53. The Morgan fingerprint density at radius 3 is 2.41 bits per heavy atom. The lowest BCUT2D eigenvalue weighted by molar-refractivity contribution is -0.132. The van der Waals surface area contributed by atoms with Crippen LogP contribution in [0, 0.1) is 11.8 Å². The smallest absolute Gasteiger partial charge is 0.407 e. The van der Waals surface area contributed by atoms with Crippen LogP contribution in [0.25, 0.3) is 0 Å². The molecule has 0 bridgehead atoms. The summed E-state index contributed by atoms with van der Waals surface area (Å²) in [5.41, 5.74) is 0. The van der Waals surface area contributed by atoms with Crippen LogP contribution < -0.4 is 5.32 Å². The fraction of sp³-hybridized carbons (Fsp3) is 0.882. The molecule has 0 radical (unpaired) electrons. The molecule has 22 heavy (non-hydrogen) atoms. The molecule has 0 aromatic heterocycles. The minimum Gasteiger partial charge on any atom is -0.453 e. The van der Waals surface area contributed by atoms with Gasteiger partial charge in [0.2, 0.25) is 5.91 Å². The molecular formula is C17H32N2O3. The summed E-state index contributed by atoms with van der Waals surface area (Å²) in [5, 5.41) is 2.66. The first-order chi connectivity index (χ1) is 10.4. The Morgan fingerprint density at radius 2 is 1.86 bits per heavy atom. The molecule has 1 aliphatic rings. The van der Waals surface area contributed by atoms with E-state index in [9.17, 15) is 9.59 Å². The second-order valence-electron chi connectivity index (χ2n) is 6.87. The Kier molecular flexibility index (Phi) is 8.28. The maximum Gasteiger partial charge on any atom is 0.407 e. The predicted molar refractivity (Wildman–Crippen MR) is 87.6 cm³/mol. The van der Waals surface area contributed by atoms with Crippen molar-refractivity contribution in [3.63, 3.8) is 0 Å². The molecule has 0 aromatic rings. The summed E-state index contributed by atoms with van der Waals surface area (Å²) in [4.78, 5) is 25.8. The van der Waals surface area contributed by atoms with E-state index in [4.69, 9.17) is 0 Å². The Hall–Kier alpha value is -1.26. The number of rotatable bonds is 7. The molecule has 1 aliphatic carbocycles. The first kappa shape index (κ1) is 18.8. The van der Waals surface area contributed by atoms with E-state index in [2.05, 4.69) is 10.1 Å². The molecule has 5 heteroatoms. The maximum atomic E-state index is 12.6. The number of carbonyl (C=O) groups excluding carboxylic acids is 2. The van der Waals surface area contributed by atoms with Crippen molar-refractivity contribution in [1.29, 1.82) is 0 Å². The average molecular weight is 312 g/mol. The van der Waals surface area contributed by atoms with Gasteiger partial charge in [0.15, 0.2) is 0 Å². The van der Waals surface area contributed by atoms with Crippen molar-refractivity contribution >= 4 is 12.0 Å². The van der Waals surface area contributed by atoms with E-state index in [-0.39, 0.29) is 5.91 Å². The lowest BCUT2D eigenvalue weighted by Gasteiger charge is -2.28. The lowest BCUT2D eigenvalue weighted by atomic mass is 9.87. The van der Waals surface area contributed by atoms with Gasteiger partial charge in [-0.15, -0.1) is 0 Å². The number of carbonyl (C=O) groups is 2. The number of nitrogens with one attached hydrogen (secondary N) is 1. The second kappa shape index (κ2) is 9.70. The highest BCUT2D eigenvalue weighted by Gasteiger charge is 2.25. The third-order valence-corrected chi connectivity index (χ3v) is 4.46. The third-order valence-electron chi connectivity index (χ3n) is 4.46. The van der Waals surface area contributed by atoms with Crippen molar-refractivity contribution in [2.24, 2.45) is 11.8 Å². The van der Waals surface area contributed by atoms with Gasteiger partial charge in [-0.25, -0.2) is 4.79 Å². The summed E-state index contributed by atoms with van der Waals surface area (Å²) in [6.07, 6.45) is 7.72. The van der Waals surface area contributed by atoms with Crippen LogP contribution in [0.5, 0.6) is 0 Å². The molecule has 0 heterocycles. The van der Waals surface area contributed by atoms with Crippen molar-refractivity contribution in [3.8, 4) is 0 Å². The van der Waals surface area contributed by atoms with Crippen LogP contribution in [-0.2, 0) is 9.53 Å². The van der Waals surface area contributed by atoms with Gasteiger partial charge in [-0.2, -0.15) is 0 Å². The van der Waals surface area contributed by atoms with Gasteiger partial charge in [0.05, 0.1) is 7.11 Å². The first-order valence-electron chi connectivity index (χ1n) is 8.53. The molecule has 0 aliphatic heterocycles. The van der Waals surface area contributed by atoms with Gasteiger partial charge >= 0.3 is 6.09 Å². The summed E-state index contributed by atoms with van der Waals surface area (Å²) < 4.78 is 4.63. The standard InChI is InChI=1S/C17H32N2O3/c1-13(2)12-15(18-17(21)22-4)16(20)19(3)11-10-14-8-6-5-7-9-14/h13-15H,5-12H2,1-4H3,(H,18,21). The molecule has 1 saturated carbocycles. The summed E-state index contributed by atoms with van der Waals surface area (Å²) >= 11 is 0. The second-order valence-corrected chi connectivity index (χ2v) is 6.87. The van der Waals surface area contributed by atoms with Crippen LogP contribution in [0.3, 0.4) is 0 Å². The molecule has 0 aromatic carbocycles. The Balaban J connectivity index is 2.48. The highest BCUT2D eigenvalue weighted by Crippen LogP contribution is 2.26. The van der Waals surface area contributed by atoms with Crippen LogP contribution in [0.2, 0.25) is 0 Å². The van der Waals surface area contributed by atoms with Gasteiger partial charge in [-0.05, 0) is 24.7 Å². The molecule has 1 atom stereocenters. The Morgan fingerprint density at radius 1 is 1.23 bits per heavy atom. The largest absolute Gasteiger partial charge is 0.453 e. The zero-order chi connectivity index (χ0) is 16.5. The van der Waals surface area contributed by atoms with Crippen LogP contribution in [-0.4, -0.2) is 43.6 Å². The van der Waals surface area contributed by atoms with Crippen LogP contribution in [0.15, 0.2) is 0 Å². The molecule has 1 rings (SSSR count). The predicted octanol–water partition coefficient (Wildman–Crippen LogP) is 3.19. The van der Waals surface area contributed by atoms with Gasteiger partial charge in [0.1, 0.15) is 6.04 Å². The zero-order valence-electron chi connectivity index (χ0n) is 14.6. The van der Waals surface area contributed by atoms with Crippen molar-refractivity contribution in [1.82, 2.24) is 10.2 Å².